The van der Waals surface area contributed by atoms with Gasteiger partial charge in [-0.3, -0.25) is 9.88 Å². The molecule has 5 heteroatoms. The number of rotatable bonds is 6. The summed E-state index contributed by atoms with van der Waals surface area (Å²) in [4.78, 5) is 10.9. The fourth-order valence-electron chi connectivity index (χ4n) is 3.42. The molecule has 0 amide bonds. The van der Waals surface area contributed by atoms with Crippen LogP contribution in [-0.4, -0.2) is 38.6 Å². The van der Waals surface area contributed by atoms with Crippen LogP contribution in [0.2, 0.25) is 0 Å². The molecule has 0 aliphatic carbocycles. The normalized spacial score (nSPS) is 18.1. The average molecular weight is 348 g/mol. The minimum Gasteiger partial charge on any atom is -0.371 e. The Hall–Kier alpha value is -2.50. The number of imidazole rings is 1. The molecule has 0 spiro atoms. The number of ether oxygens (including phenoxy) is 1. The lowest BCUT2D eigenvalue weighted by Crippen LogP contribution is -2.39. The van der Waals surface area contributed by atoms with E-state index < -0.39 is 0 Å². The highest BCUT2D eigenvalue weighted by Gasteiger charge is 2.20. The highest BCUT2D eigenvalue weighted by Crippen LogP contribution is 2.18. The van der Waals surface area contributed by atoms with Crippen LogP contribution in [0.3, 0.4) is 0 Å². The Morgan fingerprint density at radius 3 is 2.77 bits per heavy atom. The van der Waals surface area contributed by atoms with E-state index in [2.05, 4.69) is 39.1 Å². The van der Waals surface area contributed by atoms with Gasteiger partial charge in [0.1, 0.15) is 0 Å². The summed E-state index contributed by atoms with van der Waals surface area (Å²) >= 11 is 0. The van der Waals surface area contributed by atoms with Crippen LogP contribution in [0.15, 0.2) is 67.4 Å². The first-order valence-corrected chi connectivity index (χ1v) is 9.18. The molecule has 1 fully saturated rings. The highest BCUT2D eigenvalue weighted by atomic mass is 16.5. The largest absolute Gasteiger partial charge is 0.371 e. The summed E-state index contributed by atoms with van der Waals surface area (Å²) in [5, 5.41) is 0. The molecule has 3 heterocycles. The molecule has 4 rings (SSSR count). The molecule has 5 nitrogen and oxygen atoms in total. The molecule has 1 aromatic carbocycles. The maximum atomic E-state index is 6.09. The fraction of sp³-hybridized carbons (Fsp3) is 0.333. The van der Waals surface area contributed by atoms with Gasteiger partial charge in [-0.05, 0) is 49.2 Å². The molecule has 0 saturated carbocycles. The molecule has 26 heavy (non-hydrogen) atoms. The van der Waals surface area contributed by atoms with Crippen molar-refractivity contribution in [1.82, 2.24) is 19.4 Å². The maximum absolute atomic E-state index is 6.09. The average Bonchev–Trinajstić information content (AvgIpc) is 3.23. The minimum atomic E-state index is 0.288. The van der Waals surface area contributed by atoms with E-state index in [1.54, 1.807) is 6.20 Å². The van der Waals surface area contributed by atoms with Crippen LogP contribution in [0.25, 0.3) is 5.69 Å². The first-order valence-electron chi connectivity index (χ1n) is 9.18. The second-order valence-electron chi connectivity index (χ2n) is 6.77. The van der Waals surface area contributed by atoms with Gasteiger partial charge >= 0.3 is 0 Å². The SMILES string of the molecule is c1ccc(CO[C@@H]2CCCN(Cc3ccc(-n4ccnc4)cc3)C2)nc1. The molecule has 2 aromatic heterocycles. The Labute approximate surface area is 154 Å². The van der Waals surface area contributed by atoms with Gasteiger partial charge in [-0.15, -0.1) is 0 Å². The van der Waals surface area contributed by atoms with Gasteiger partial charge in [0, 0.05) is 37.4 Å². The molecule has 1 aliphatic heterocycles. The van der Waals surface area contributed by atoms with Crippen molar-refractivity contribution in [3.05, 3.63) is 78.6 Å². The molecular weight excluding hydrogens is 324 g/mol. The van der Waals surface area contributed by atoms with Crippen LogP contribution in [0, 0.1) is 0 Å². The molecule has 1 saturated heterocycles. The van der Waals surface area contributed by atoms with Gasteiger partial charge in [0.15, 0.2) is 0 Å². The lowest BCUT2D eigenvalue weighted by molar-refractivity contribution is -0.0132. The van der Waals surface area contributed by atoms with Crippen LogP contribution in [-0.2, 0) is 17.9 Å². The highest BCUT2D eigenvalue weighted by molar-refractivity contribution is 5.34. The summed E-state index contributed by atoms with van der Waals surface area (Å²) in [5.74, 6) is 0. The van der Waals surface area contributed by atoms with Gasteiger partial charge in [-0.1, -0.05) is 18.2 Å². The van der Waals surface area contributed by atoms with Crippen molar-refractivity contribution >= 4 is 0 Å². The molecule has 0 unspecified atom stereocenters. The maximum Gasteiger partial charge on any atom is 0.0991 e. The van der Waals surface area contributed by atoms with E-state index in [1.807, 2.05) is 41.5 Å². The Morgan fingerprint density at radius 2 is 2.00 bits per heavy atom. The lowest BCUT2D eigenvalue weighted by Gasteiger charge is -2.32. The summed E-state index contributed by atoms with van der Waals surface area (Å²) in [6, 6.07) is 14.7. The van der Waals surface area contributed by atoms with Crippen molar-refractivity contribution in [3.63, 3.8) is 0 Å². The van der Waals surface area contributed by atoms with E-state index in [0.717, 1.165) is 37.4 Å². The van der Waals surface area contributed by atoms with Crippen molar-refractivity contribution in [3.8, 4) is 5.69 Å². The van der Waals surface area contributed by atoms with Crippen molar-refractivity contribution in [2.75, 3.05) is 13.1 Å². The topological polar surface area (TPSA) is 43.2 Å². The standard InChI is InChI=1S/C21H24N4O/c1-2-10-23-19(4-1)16-26-21-5-3-12-24(15-21)14-18-6-8-20(9-7-18)25-13-11-22-17-25/h1-2,4,6-11,13,17,21H,3,5,12,14-16H2/t21-/m1/s1. The van der Waals surface area contributed by atoms with Gasteiger partial charge in [-0.2, -0.15) is 0 Å². The van der Waals surface area contributed by atoms with Crippen LogP contribution in [0.4, 0.5) is 0 Å². The van der Waals surface area contributed by atoms with Crippen molar-refractivity contribution in [1.29, 1.82) is 0 Å². The number of benzene rings is 1. The molecule has 1 aliphatic rings. The number of piperidine rings is 1. The predicted molar refractivity (Wildman–Crippen MR) is 101 cm³/mol. The first kappa shape index (κ1) is 16.9. The molecule has 0 N–H and O–H groups in total. The van der Waals surface area contributed by atoms with Crippen molar-refractivity contribution in [2.24, 2.45) is 0 Å². The molecule has 134 valence electrons. The second-order valence-corrected chi connectivity index (χ2v) is 6.77. The molecule has 1 atom stereocenters. The molecule has 3 aromatic rings. The second kappa shape index (κ2) is 8.25. The van der Waals surface area contributed by atoms with Gasteiger partial charge in [0.2, 0.25) is 0 Å². The molecule has 0 bridgehead atoms. The summed E-state index contributed by atoms with van der Waals surface area (Å²) in [7, 11) is 0. The van der Waals surface area contributed by atoms with Crippen LogP contribution < -0.4 is 0 Å². The van der Waals surface area contributed by atoms with Gasteiger partial charge in [0.05, 0.1) is 24.7 Å². The Morgan fingerprint density at radius 1 is 1.08 bits per heavy atom. The Kier molecular flexibility index (Phi) is 5.38. The number of likely N-dealkylation sites (tertiary alicyclic amines) is 1. The summed E-state index contributed by atoms with van der Waals surface area (Å²) < 4.78 is 8.11. The number of hydrogen-bond acceptors (Lipinski definition) is 4. The van der Waals surface area contributed by atoms with Crippen molar-refractivity contribution in [2.45, 2.75) is 32.1 Å². The Balaban J connectivity index is 1.30. The van der Waals surface area contributed by atoms with Gasteiger partial charge in [-0.25, -0.2) is 4.98 Å². The number of hydrogen-bond donors (Lipinski definition) is 0. The van der Waals surface area contributed by atoms with E-state index >= 15 is 0 Å². The monoisotopic (exact) mass is 348 g/mol. The first-order chi connectivity index (χ1) is 12.9. The molecular formula is C21H24N4O. The van der Waals surface area contributed by atoms with E-state index in [4.69, 9.17) is 4.74 Å². The smallest absolute Gasteiger partial charge is 0.0991 e. The third kappa shape index (κ3) is 4.36. The predicted octanol–water partition coefficient (Wildman–Crippen LogP) is 3.45. The number of nitrogens with zero attached hydrogens (tertiary/aromatic N) is 4. The third-order valence-corrected chi connectivity index (χ3v) is 4.80. The summed E-state index contributed by atoms with van der Waals surface area (Å²) in [6.45, 7) is 3.68. The number of aromatic nitrogens is 3. The quantitative estimate of drug-likeness (QED) is 0.684. The number of pyridine rings is 1. The van der Waals surface area contributed by atoms with E-state index in [-0.39, 0.29) is 6.10 Å². The van der Waals surface area contributed by atoms with Crippen LogP contribution in [0.5, 0.6) is 0 Å². The van der Waals surface area contributed by atoms with Crippen LogP contribution in [0.1, 0.15) is 24.1 Å². The van der Waals surface area contributed by atoms with Crippen molar-refractivity contribution < 1.29 is 4.74 Å². The van der Waals surface area contributed by atoms with Gasteiger partial charge < -0.3 is 9.30 Å². The van der Waals surface area contributed by atoms with E-state index in [9.17, 15) is 0 Å². The minimum absolute atomic E-state index is 0.288. The fourth-order valence-corrected chi connectivity index (χ4v) is 3.42. The van der Waals surface area contributed by atoms with Gasteiger partial charge in [0.25, 0.3) is 0 Å². The third-order valence-electron chi connectivity index (χ3n) is 4.80. The summed E-state index contributed by atoms with van der Waals surface area (Å²) in [6.07, 6.45) is 10.00. The van der Waals surface area contributed by atoms with E-state index in [0.29, 0.717) is 6.61 Å². The zero-order chi connectivity index (χ0) is 17.6. The zero-order valence-electron chi connectivity index (χ0n) is 14.9. The lowest BCUT2D eigenvalue weighted by atomic mass is 10.1. The summed E-state index contributed by atoms with van der Waals surface area (Å²) in [5.41, 5.74) is 3.47. The Bertz CT molecular complexity index is 787. The van der Waals surface area contributed by atoms with E-state index in [1.165, 1.54) is 12.0 Å². The molecule has 0 radical (unpaired) electrons. The zero-order valence-corrected chi connectivity index (χ0v) is 14.9. The van der Waals surface area contributed by atoms with Crippen LogP contribution >= 0.6 is 0 Å².